The Labute approximate surface area is 168 Å². The lowest BCUT2D eigenvalue weighted by molar-refractivity contribution is 0.315. The van der Waals surface area contributed by atoms with Crippen LogP contribution < -0.4 is 0 Å². The predicted octanol–water partition coefficient (Wildman–Crippen LogP) is 6.82. The summed E-state index contributed by atoms with van der Waals surface area (Å²) in [5, 5.41) is 0. The van der Waals surface area contributed by atoms with E-state index in [9.17, 15) is 0 Å². The zero-order chi connectivity index (χ0) is 20.1. The Kier molecular flexibility index (Phi) is 6.30. The number of nitrogens with zero attached hydrogens (tertiary/aromatic N) is 1. The molecule has 28 heavy (non-hydrogen) atoms. The molecule has 0 radical (unpaired) electrons. The van der Waals surface area contributed by atoms with Gasteiger partial charge >= 0.3 is 0 Å². The van der Waals surface area contributed by atoms with E-state index in [1.165, 1.54) is 33.4 Å². The first-order chi connectivity index (χ1) is 13.5. The average molecular weight is 372 g/mol. The van der Waals surface area contributed by atoms with Gasteiger partial charge in [0, 0.05) is 0 Å². The lowest BCUT2D eigenvalue weighted by Gasteiger charge is -2.24. The number of rotatable bonds is 5. The number of aryl methyl sites for hydroxylation is 4. The molecule has 0 N–H and O–H groups in total. The second-order valence-corrected chi connectivity index (χ2v) is 7.37. The third-order valence-corrected chi connectivity index (χ3v) is 4.97. The lowest BCUT2D eigenvalue weighted by Crippen LogP contribution is -2.20. The molecule has 0 spiro atoms. The highest BCUT2D eigenvalue weighted by Gasteiger charge is 2.25. The number of benzene rings is 3. The molecule has 3 aromatic rings. The summed E-state index contributed by atoms with van der Waals surface area (Å²) in [7, 11) is 0. The van der Waals surface area contributed by atoms with Crippen molar-refractivity contribution < 1.29 is 4.74 Å². The van der Waals surface area contributed by atoms with Gasteiger partial charge in [0.1, 0.15) is 0 Å². The average Bonchev–Trinajstić information content (AvgIpc) is 2.67. The number of aliphatic imine (C=N–C) groups is 1. The summed E-state index contributed by atoms with van der Waals surface area (Å²) in [5.41, 5.74) is 8.41. The molecule has 0 fully saturated rings. The van der Waals surface area contributed by atoms with E-state index in [4.69, 9.17) is 9.73 Å². The van der Waals surface area contributed by atoms with E-state index in [1.54, 1.807) is 0 Å². The fourth-order valence-electron chi connectivity index (χ4n) is 3.80. The van der Waals surface area contributed by atoms with E-state index in [2.05, 4.69) is 76.2 Å². The summed E-state index contributed by atoms with van der Waals surface area (Å²) < 4.78 is 6.14. The maximum atomic E-state index is 6.14. The third-order valence-electron chi connectivity index (χ3n) is 4.97. The van der Waals surface area contributed by atoms with Crippen molar-refractivity contribution in [3.63, 3.8) is 0 Å². The highest BCUT2D eigenvalue weighted by atomic mass is 16.5. The van der Waals surface area contributed by atoms with Crippen molar-refractivity contribution in [2.24, 2.45) is 4.99 Å². The first kappa shape index (κ1) is 19.9. The fraction of sp³-hybridized carbons (Fsp3) is 0.269. The monoisotopic (exact) mass is 371 g/mol. The van der Waals surface area contributed by atoms with Gasteiger partial charge in [-0.2, -0.15) is 0 Å². The molecule has 0 saturated heterocycles. The zero-order valence-electron chi connectivity index (χ0n) is 17.5. The van der Waals surface area contributed by atoms with Crippen LogP contribution in [0.5, 0.6) is 0 Å². The van der Waals surface area contributed by atoms with Gasteiger partial charge in [0.2, 0.25) is 5.90 Å². The van der Waals surface area contributed by atoms with Gasteiger partial charge in [-0.25, -0.2) is 4.99 Å². The van der Waals surface area contributed by atoms with Crippen LogP contribution in [0.1, 0.15) is 46.2 Å². The van der Waals surface area contributed by atoms with Crippen LogP contribution in [0.4, 0.5) is 5.69 Å². The van der Waals surface area contributed by atoms with Crippen LogP contribution in [0.2, 0.25) is 0 Å². The molecular formula is C26H29NO. The van der Waals surface area contributed by atoms with E-state index < -0.39 is 0 Å². The van der Waals surface area contributed by atoms with Gasteiger partial charge in [0.25, 0.3) is 0 Å². The van der Waals surface area contributed by atoms with Gasteiger partial charge in [0.15, 0.2) is 0 Å². The first-order valence-electron chi connectivity index (χ1n) is 9.90. The molecule has 3 rings (SSSR count). The van der Waals surface area contributed by atoms with Crippen molar-refractivity contribution in [2.75, 3.05) is 6.61 Å². The zero-order valence-corrected chi connectivity index (χ0v) is 17.5. The minimum Gasteiger partial charge on any atom is -0.480 e. The molecule has 0 bridgehead atoms. The number of hydrogen-bond donors (Lipinski definition) is 0. The van der Waals surface area contributed by atoms with Crippen molar-refractivity contribution in [1.82, 2.24) is 0 Å². The highest BCUT2D eigenvalue weighted by Crippen LogP contribution is 2.33. The van der Waals surface area contributed by atoms with Crippen molar-refractivity contribution in [3.8, 4) is 0 Å². The smallest absolute Gasteiger partial charge is 0.200 e. The number of ether oxygens (including phenoxy) is 1. The van der Waals surface area contributed by atoms with Crippen molar-refractivity contribution in [2.45, 2.75) is 40.5 Å². The Bertz CT molecular complexity index is 932. The van der Waals surface area contributed by atoms with Crippen LogP contribution in [0.25, 0.3) is 0 Å². The van der Waals surface area contributed by atoms with E-state index >= 15 is 0 Å². The lowest BCUT2D eigenvalue weighted by atomic mass is 9.84. The molecule has 0 heterocycles. The molecule has 0 aliphatic rings. The summed E-state index contributed by atoms with van der Waals surface area (Å²) in [5.74, 6) is 0.704. The van der Waals surface area contributed by atoms with Crippen LogP contribution in [-0.4, -0.2) is 12.5 Å². The molecule has 0 aliphatic heterocycles. The summed E-state index contributed by atoms with van der Waals surface area (Å²) in [6, 6.07) is 23.3. The van der Waals surface area contributed by atoms with Crippen molar-refractivity contribution in [1.29, 1.82) is 0 Å². The minimum atomic E-state index is -0.0388. The Balaban J connectivity index is 2.21. The Morgan fingerprint density at radius 2 is 1.43 bits per heavy atom. The molecule has 144 valence electrons. The Morgan fingerprint density at radius 3 is 2.00 bits per heavy atom. The molecule has 1 atom stereocenters. The molecule has 0 amide bonds. The van der Waals surface area contributed by atoms with Crippen molar-refractivity contribution in [3.05, 3.63) is 100 Å². The van der Waals surface area contributed by atoms with E-state index in [1.807, 2.05) is 25.1 Å². The van der Waals surface area contributed by atoms with Gasteiger partial charge in [-0.1, -0.05) is 65.7 Å². The van der Waals surface area contributed by atoms with Gasteiger partial charge < -0.3 is 4.74 Å². The molecular weight excluding hydrogens is 342 g/mol. The normalized spacial score (nSPS) is 12.7. The van der Waals surface area contributed by atoms with Gasteiger partial charge in [0.05, 0.1) is 18.2 Å². The maximum absolute atomic E-state index is 6.14. The van der Waals surface area contributed by atoms with Crippen LogP contribution in [0.15, 0.2) is 71.7 Å². The molecule has 0 saturated carbocycles. The maximum Gasteiger partial charge on any atom is 0.200 e. The van der Waals surface area contributed by atoms with Crippen LogP contribution >= 0.6 is 0 Å². The molecule has 1 unspecified atom stereocenters. The molecule has 2 nitrogen and oxygen atoms in total. The first-order valence-corrected chi connectivity index (χ1v) is 9.90. The van der Waals surface area contributed by atoms with Crippen LogP contribution in [0.3, 0.4) is 0 Å². The van der Waals surface area contributed by atoms with E-state index in [0.29, 0.717) is 6.61 Å². The fourth-order valence-corrected chi connectivity index (χ4v) is 3.80. The summed E-state index contributed by atoms with van der Waals surface area (Å²) in [6.45, 7) is 11.2. The Hall–Kier alpha value is -2.87. The summed E-state index contributed by atoms with van der Waals surface area (Å²) in [6.07, 6.45) is 0. The van der Waals surface area contributed by atoms with Gasteiger partial charge in [-0.15, -0.1) is 0 Å². The van der Waals surface area contributed by atoms with Gasteiger partial charge in [-0.05, 0) is 69.0 Å². The summed E-state index contributed by atoms with van der Waals surface area (Å²) >= 11 is 0. The topological polar surface area (TPSA) is 21.6 Å². The molecule has 0 aromatic heterocycles. The SMILES string of the molecule is CCOC(=Nc1ccc(C)cc1)C(c1ccccc1)c1c(C)cc(C)cc1C. The van der Waals surface area contributed by atoms with E-state index in [-0.39, 0.29) is 5.92 Å². The molecule has 2 heteroatoms. The van der Waals surface area contributed by atoms with Gasteiger partial charge in [-0.3, -0.25) is 0 Å². The standard InChI is InChI=1S/C26H29NO/c1-6-28-26(27-23-14-12-18(2)13-15-23)25(22-10-8-7-9-11-22)24-20(4)16-19(3)17-21(24)5/h7-17,25H,6H2,1-5H3. The largest absolute Gasteiger partial charge is 0.480 e. The summed E-state index contributed by atoms with van der Waals surface area (Å²) in [4.78, 5) is 4.94. The third kappa shape index (κ3) is 4.51. The van der Waals surface area contributed by atoms with E-state index in [0.717, 1.165) is 11.6 Å². The molecule has 0 aliphatic carbocycles. The number of hydrogen-bond acceptors (Lipinski definition) is 2. The predicted molar refractivity (Wildman–Crippen MR) is 119 cm³/mol. The van der Waals surface area contributed by atoms with Crippen LogP contribution in [-0.2, 0) is 4.74 Å². The van der Waals surface area contributed by atoms with Crippen molar-refractivity contribution >= 4 is 11.6 Å². The second-order valence-electron chi connectivity index (χ2n) is 7.37. The van der Waals surface area contributed by atoms with Crippen LogP contribution in [0, 0.1) is 27.7 Å². The second kappa shape index (κ2) is 8.88. The highest BCUT2D eigenvalue weighted by molar-refractivity contribution is 5.90. The minimum absolute atomic E-state index is 0.0388. The quantitative estimate of drug-likeness (QED) is 0.356. The Morgan fingerprint density at radius 1 is 0.821 bits per heavy atom. The molecule has 3 aromatic carbocycles.